The summed E-state index contributed by atoms with van der Waals surface area (Å²) in [6.07, 6.45) is 0. The van der Waals surface area contributed by atoms with E-state index in [0.29, 0.717) is 28.2 Å². The monoisotopic (exact) mass is 822 g/mol. The van der Waals surface area contributed by atoms with Crippen LogP contribution in [0.25, 0.3) is 49.7 Å². The summed E-state index contributed by atoms with van der Waals surface area (Å²) >= 11 is 0.826. The van der Waals surface area contributed by atoms with Crippen molar-refractivity contribution in [2.45, 2.75) is 5.51 Å². The van der Waals surface area contributed by atoms with Crippen LogP contribution in [0.3, 0.4) is 0 Å². The predicted octanol–water partition coefficient (Wildman–Crippen LogP) is 9.16. The van der Waals surface area contributed by atoms with Crippen LogP contribution < -0.4 is 4.18 Å². The molecule has 0 aliphatic carbocycles. The first-order chi connectivity index (χ1) is 19.9. The van der Waals surface area contributed by atoms with Gasteiger partial charge in [-0.3, -0.25) is 0 Å². The summed E-state index contributed by atoms with van der Waals surface area (Å²) < 4.78 is 100. The Kier molecular flexibility index (Phi) is 7.32. The van der Waals surface area contributed by atoms with Crippen molar-refractivity contribution < 1.29 is 34.6 Å². The van der Waals surface area contributed by atoms with Crippen LogP contribution in [0.15, 0.2) is 84.9 Å². The first kappa shape index (κ1) is 29.0. The zero-order valence-electron chi connectivity index (χ0n) is 21.3. The minimum atomic E-state index is -6.23. The van der Waals surface area contributed by atoms with Crippen LogP contribution in [-0.2, 0) is 10.1 Å². The summed E-state index contributed by atoms with van der Waals surface area (Å²) in [6, 6.07) is 23.2. The third kappa shape index (κ3) is 4.88. The van der Waals surface area contributed by atoms with E-state index in [1.807, 2.05) is 66.7 Å². The van der Waals surface area contributed by atoms with Gasteiger partial charge in [-0.05, 0) is 0 Å². The van der Waals surface area contributed by atoms with Crippen LogP contribution in [0, 0.1) is 15.2 Å². The molecule has 0 saturated carbocycles. The number of fused-ring (bicyclic) bond motifs is 6. The fraction of sp³-hybridized carbons (Fsp3) is 0.0690. The Morgan fingerprint density at radius 3 is 2.07 bits per heavy atom. The normalized spacial score (nSPS) is 12.8. The molecule has 216 valence electrons. The summed E-state index contributed by atoms with van der Waals surface area (Å²) in [6.45, 7) is 0. The predicted molar refractivity (Wildman–Crippen MR) is 170 cm³/mol. The molecule has 13 heteroatoms. The van der Waals surface area contributed by atoms with Gasteiger partial charge in [0.25, 0.3) is 0 Å². The number of hydrogen-bond donors (Lipinski definition) is 0. The molecule has 1 heterocycles. The quantitative estimate of drug-likeness (QED) is 0.0435. The number of imidazole rings is 1. The molecule has 0 saturated heterocycles. The van der Waals surface area contributed by atoms with Crippen molar-refractivity contribution in [1.82, 2.24) is 9.55 Å². The maximum atomic E-state index is 14.7. The molecule has 0 unspecified atom stereocenters. The minimum absolute atomic E-state index is 0.125. The Bertz CT molecular complexity index is 2150. The van der Waals surface area contributed by atoms with E-state index in [2.05, 4.69) is 27.7 Å². The molecule has 0 fully saturated rings. The van der Waals surface area contributed by atoms with Crippen molar-refractivity contribution in [3.05, 3.63) is 100 Å². The van der Waals surface area contributed by atoms with E-state index in [1.165, 1.54) is 0 Å². The Labute approximate surface area is 253 Å². The van der Waals surface area contributed by atoms with Gasteiger partial charge in [0.15, 0.2) is 0 Å². The Morgan fingerprint density at radius 1 is 0.833 bits per heavy atom. The van der Waals surface area contributed by atoms with Gasteiger partial charge in [0.05, 0.1) is 0 Å². The number of nitrogens with zero attached hydrogens (tertiary/aromatic N) is 2. The standard InChI is InChI=1S/C29H17F5I2N2O3S/c1-36(35)16-7-6-8-17(13-16)38-27-21-12-5-3-10-19(21)18-9-2-4-11-20(18)26(27)37-28(38)22-14-23(30)24(31)15-25(22)41-42(39,40)29(32,33)34/h2-15H,1H3. The molecule has 1 aromatic heterocycles. The molecule has 0 aliphatic rings. The van der Waals surface area contributed by atoms with E-state index >= 15 is 0 Å². The van der Waals surface area contributed by atoms with Gasteiger partial charge in [-0.15, -0.1) is 0 Å². The molecular formula is C29H17F5I2N2O3S. The van der Waals surface area contributed by atoms with E-state index in [-0.39, 0.29) is 11.9 Å². The SMILES string of the molecule is CI(I)c1cccc(-n2c(-c3cc(F)c(F)cc3OS(=O)(=O)C(F)(F)F)nc3c4ccccc4c4ccccc4c32)c1. The molecule has 0 radical (unpaired) electrons. The third-order valence-electron chi connectivity index (χ3n) is 6.65. The average molecular weight is 822 g/mol. The van der Waals surface area contributed by atoms with Crippen molar-refractivity contribution in [2.24, 2.45) is 0 Å². The van der Waals surface area contributed by atoms with Gasteiger partial charge in [-0.1, -0.05) is 0 Å². The van der Waals surface area contributed by atoms with Gasteiger partial charge in [-0.25, -0.2) is 0 Å². The Balaban J connectivity index is 1.80. The molecule has 0 bridgehead atoms. The second kappa shape index (κ2) is 10.6. The number of halogens is 7. The van der Waals surface area contributed by atoms with E-state index in [9.17, 15) is 30.4 Å². The zero-order valence-corrected chi connectivity index (χ0v) is 26.4. The molecular weight excluding hydrogens is 805 g/mol. The molecule has 0 atom stereocenters. The van der Waals surface area contributed by atoms with Crippen LogP contribution in [-0.4, -0.2) is 28.4 Å². The first-order valence-corrected chi connectivity index (χ1v) is 23.0. The van der Waals surface area contributed by atoms with E-state index in [4.69, 9.17) is 4.98 Å². The molecule has 6 rings (SSSR count). The first-order valence-electron chi connectivity index (χ1n) is 12.1. The second-order valence-electron chi connectivity index (χ2n) is 9.19. The zero-order chi connectivity index (χ0) is 30.0. The van der Waals surface area contributed by atoms with E-state index in [0.717, 1.165) is 19.7 Å². The molecule has 5 nitrogen and oxygen atoms in total. The van der Waals surface area contributed by atoms with Crippen LogP contribution in [0.4, 0.5) is 22.0 Å². The van der Waals surface area contributed by atoms with E-state index < -0.39 is 54.4 Å². The average Bonchev–Trinajstić information content (AvgIpc) is 3.35. The Hall–Kier alpha value is -3.05. The van der Waals surface area contributed by atoms with Crippen LogP contribution in [0.5, 0.6) is 5.75 Å². The summed E-state index contributed by atoms with van der Waals surface area (Å²) in [5, 5.41) is 3.16. The summed E-state index contributed by atoms with van der Waals surface area (Å²) in [5.41, 5.74) is -4.74. The van der Waals surface area contributed by atoms with Gasteiger partial charge >= 0.3 is 255 Å². The van der Waals surface area contributed by atoms with Crippen molar-refractivity contribution in [3.8, 4) is 22.8 Å². The number of hydrogen-bond acceptors (Lipinski definition) is 4. The van der Waals surface area contributed by atoms with Crippen LogP contribution >= 0.6 is 34.5 Å². The van der Waals surface area contributed by atoms with Crippen molar-refractivity contribution >= 4 is 77.2 Å². The molecule has 0 amide bonds. The van der Waals surface area contributed by atoms with Crippen molar-refractivity contribution in [2.75, 3.05) is 4.93 Å². The number of benzene rings is 5. The van der Waals surface area contributed by atoms with Gasteiger partial charge in [0.2, 0.25) is 0 Å². The molecule has 0 spiro atoms. The molecule has 42 heavy (non-hydrogen) atoms. The van der Waals surface area contributed by atoms with Crippen LogP contribution in [0.1, 0.15) is 0 Å². The number of alkyl halides is 4. The van der Waals surface area contributed by atoms with Crippen molar-refractivity contribution in [3.63, 3.8) is 0 Å². The second-order valence-corrected chi connectivity index (χ2v) is 22.5. The van der Waals surface area contributed by atoms with Gasteiger partial charge in [0, 0.05) is 0 Å². The molecule has 0 N–H and O–H groups in total. The number of aromatic nitrogens is 2. The molecule has 0 aliphatic heterocycles. The number of rotatable bonds is 5. The van der Waals surface area contributed by atoms with Crippen LogP contribution in [0.2, 0.25) is 0 Å². The summed E-state index contributed by atoms with van der Waals surface area (Å²) in [5.74, 6) is -4.18. The molecule has 6 aromatic rings. The third-order valence-corrected chi connectivity index (χ3v) is 13.2. The molecule has 5 aromatic carbocycles. The fourth-order valence-electron chi connectivity index (χ4n) is 4.85. The van der Waals surface area contributed by atoms with Gasteiger partial charge in [0.1, 0.15) is 0 Å². The van der Waals surface area contributed by atoms with Crippen molar-refractivity contribution in [1.29, 1.82) is 0 Å². The van der Waals surface area contributed by atoms with Gasteiger partial charge in [-0.2, -0.15) is 0 Å². The topological polar surface area (TPSA) is 61.2 Å². The van der Waals surface area contributed by atoms with Gasteiger partial charge < -0.3 is 0 Å². The maximum absolute atomic E-state index is 14.7. The fourth-order valence-corrected chi connectivity index (χ4v) is 8.47. The Morgan fingerprint density at radius 2 is 1.43 bits per heavy atom. The summed E-state index contributed by atoms with van der Waals surface area (Å²) in [7, 11) is -6.23. The summed E-state index contributed by atoms with van der Waals surface area (Å²) in [4.78, 5) is 6.89. The van der Waals surface area contributed by atoms with E-state index in [1.54, 1.807) is 10.6 Å².